The van der Waals surface area contributed by atoms with Gasteiger partial charge in [-0.05, 0) is 93.0 Å². The summed E-state index contributed by atoms with van der Waals surface area (Å²) in [7, 11) is 0. The van der Waals surface area contributed by atoms with Gasteiger partial charge in [0.05, 0.1) is 16.7 Å². The zero-order valence-corrected chi connectivity index (χ0v) is 28.6. The van der Waals surface area contributed by atoms with Crippen LogP contribution in [0.1, 0.15) is 5.56 Å². The molecule has 2 N–H and O–H groups in total. The lowest BCUT2D eigenvalue weighted by atomic mass is 9.94. The van der Waals surface area contributed by atoms with Crippen molar-refractivity contribution >= 4 is 27.5 Å². The molecule has 1 heterocycles. The Morgan fingerprint density at radius 1 is 0.404 bits per heavy atom. The number of nitrogens with two attached hydrogens (primary N) is 1. The number of anilines is 1. The minimum Gasteiger partial charge on any atom is -0.487 e. The number of rotatable bonds is 8. The molecule has 3 heteroatoms. The van der Waals surface area contributed by atoms with E-state index >= 15 is 0 Å². The van der Waals surface area contributed by atoms with Crippen LogP contribution in [0.25, 0.3) is 72.0 Å². The van der Waals surface area contributed by atoms with Crippen molar-refractivity contribution in [1.29, 1.82) is 0 Å². The maximum Gasteiger partial charge on any atom is 0.143 e. The summed E-state index contributed by atoms with van der Waals surface area (Å²) in [5.74, 6) is 0.663. The van der Waals surface area contributed by atoms with Crippen LogP contribution in [0.2, 0.25) is 0 Å². The molecule has 0 unspecified atom stereocenters. The highest BCUT2D eigenvalue weighted by atomic mass is 16.5. The Kier molecular flexibility index (Phi) is 8.07. The summed E-state index contributed by atoms with van der Waals surface area (Å²) in [5, 5.41) is 2.41. The molecule has 248 valence electrons. The van der Waals surface area contributed by atoms with Gasteiger partial charge in [0.1, 0.15) is 12.4 Å². The summed E-state index contributed by atoms with van der Waals surface area (Å²) >= 11 is 0. The average Bonchev–Trinajstić information content (AvgIpc) is 3.55. The Labute approximate surface area is 303 Å². The van der Waals surface area contributed by atoms with Crippen molar-refractivity contribution in [2.75, 3.05) is 5.73 Å². The van der Waals surface area contributed by atoms with E-state index in [-0.39, 0.29) is 0 Å². The monoisotopic (exact) mass is 668 g/mol. The predicted molar refractivity (Wildman–Crippen MR) is 218 cm³/mol. The molecule has 0 aliphatic rings. The fourth-order valence-corrected chi connectivity index (χ4v) is 7.24. The lowest BCUT2D eigenvalue weighted by molar-refractivity contribution is 0.308. The second-order valence-electron chi connectivity index (χ2n) is 13.2. The fraction of sp³-hybridized carbons (Fsp3) is 0.0204. The first-order chi connectivity index (χ1) is 25.7. The Hall–Kier alpha value is -6.84. The van der Waals surface area contributed by atoms with Gasteiger partial charge in [-0.15, -0.1) is 0 Å². The van der Waals surface area contributed by atoms with Crippen LogP contribution < -0.4 is 10.5 Å². The molecule has 9 rings (SSSR count). The van der Waals surface area contributed by atoms with Gasteiger partial charge in [-0.25, -0.2) is 0 Å². The molecule has 9 aromatic rings. The third-order valence-corrected chi connectivity index (χ3v) is 9.90. The molecule has 52 heavy (non-hydrogen) atoms. The van der Waals surface area contributed by atoms with Gasteiger partial charge in [0.15, 0.2) is 0 Å². The molecule has 0 saturated carbocycles. The number of hydrogen-bond donors (Lipinski definition) is 1. The van der Waals surface area contributed by atoms with E-state index in [1.54, 1.807) is 0 Å². The topological polar surface area (TPSA) is 40.2 Å². The van der Waals surface area contributed by atoms with Gasteiger partial charge in [-0.3, -0.25) is 0 Å². The molecule has 0 aliphatic carbocycles. The highest BCUT2D eigenvalue weighted by molar-refractivity contribution is 6.10. The van der Waals surface area contributed by atoms with E-state index in [0.717, 1.165) is 50.1 Å². The van der Waals surface area contributed by atoms with Crippen molar-refractivity contribution in [3.05, 3.63) is 200 Å². The molecule has 0 amide bonds. The number of ether oxygens (including phenoxy) is 1. The molecule has 0 aliphatic heterocycles. The van der Waals surface area contributed by atoms with Crippen LogP contribution >= 0.6 is 0 Å². The van der Waals surface area contributed by atoms with Crippen molar-refractivity contribution in [3.63, 3.8) is 0 Å². The third kappa shape index (κ3) is 5.89. The van der Waals surface area contributed by atoms with Gasteiger partial charge in [0.25, 0.3) is 0 Å². The first-order valence-electron chi connectivity index (χ1n) is 17.7. The number of fused-ring (bicyclic) bond motifs is 3. The van der Waals surface area contributed by atoms with Gasteiger partial charge in [-0.2, -0.15) is 0 Å². The summed E-state index contributed by atoms with van der Waals surface area (Å²) in [6, 6.07) is 68.3. The summed E-state index contributed by atoms with van der Waals surface area (Å²) in [6.07, 6.45) is 0. The van der Waals surface area contributed by atoms with E-state index in [9.17, 15) is 0 Å². The Balaban J connectivity index is 1.15. The lowest BCUT2D eigenvalue weighted by Gasteiger charge is -2.17. The predicted octanol–water partition coefficient (Wildman–Crippen LogP) is 12.6. The Morgan fingerprint density at radius 3 is 1.71 bits per heavy atom. The maximum absolute atomic E-state index is 7.02. The molecule has 0 fully saturated rings. The summed E-state index contributed by atoms with van der Waals surface area (Å²) < 4.78 is 8.94. The zero-order valence-electron chi connectivity index (χ0n) is 28.6. The molecular weight excluding hydrogens is 633 g/mol. The fourth-order valence-electron chi connectivity index (χ4n) is 7.24. The first-order valence-corrected chi connectivity index (χ1v) is 17.7. The number of nitrogen functional groups attached to an aromatic ring is 1. The van der Waals surface area contributed by atoms with Crippen LogP contribution in [0.3, 0.4) is 0 Å². The van der Waals surface area contributed by atoms with E-state index < -0.39 is 0 Å². The average molecular weight is 669 g/mol. The maximum atomic E-state index is 7.02. The minimum absolute atomic E-state index is 0.399. The first kappa shape index (κ1) is 31.2. The number of para-hydroxylation sites is 2. The molecular formula is C49H36N2O. The van der Waals surface area contributed by atoms with Crippen molar-refractivity contribution in [2.24, 2.45) is 0 Å². The Morgan fingerprint density at radius 2 is 0.962 bits per heavy atom. The van der Waals surface area contributed by atoms with Gasteiger partial charge >= 0.3 is 0 Å². The van der Waals surface area contributed by atoms with Crippen LogP contribution in [-0.2, 0) is 6.61 Å². The zero-order chi connectivity index (χ0) is 34.9. The van der Waals surface area contributed by atoms with Gasteiger partial charge in [0, 0.05) is 22.0 Å². The number of nitrogens with zero attached hydrogens (tertiary/aromatic N) is 1. The lowest BCUT2D eigenvalue weighted by Crippen LogP contribution is -2.01. The molecule has 1 aromatic heterocycles. The highest BCUT2D eigenvalue weighted by Gasteiger charge is 2.17. The highest BCUT2D eigenvalue weighted by Crippen LogP contribution is 2.42. The van der Waals surface area contributed by atoms with E-state index in [0.29, 0.717) is 18.0 Å². The largest absolute Gasteiger partial charge is 0.487 e. The molecule has 0 radical (unpaired) electrons. The van der Waals surface area contributed by atoms with Gasteiger partial charge < -0.3 is 15.0 Å². The number of hydrogen-bond acceptors (Lipinski definition) is 2. The van der Waals surface area contributed by atoms with E-state index in [4.69, 9.17) is 10.5 Å². The molecule has 8 aromatic carbocycles. The van der Waals surface area contributed by atoms with Crippen LogP contribution in [0.4, 0.5) is 5.69 Å². The molecule has 0 saturated heterocycles. The summed E-state index contributed by atoms with van der Waals surface area (Å²) in [5.41, 5.74) is 21.0. The van der Waals surface area contributed by atoms with E-state index in [2.05, 4.69) is 187 Å². The van der Waals surface area contributed by atoms with Crippen molar-refractivity contribution in [2.45, 2.75) is 6.61 Å². The standard InChI is InChI=1S/C49H36N2O/c50-49-44(40-18-12-17-38(29-40)36-15-6-2-7-16-36)31-41(32-48(49)52-33-34-23-25-37(26-24-34)35-13-4-1-5-14-35)39-27-28-47-45(30-39)43-21-10-11-22-46(43)51(47)42-19-8-3-9-20-42/h1-32H,33,50H2. The minimum atomic E-state index is 0.399. The van der Waals surface area contributed by atoms with Gasteiger partial charge in [-0.1, -0.05) is 146 Å². The molecule has 0 atom stereocenters. The number of benzene rings is 8. The third-order valence-electron chi connectivity index (χ3n) is 9.90. The molecule has 0 spiro atoms. The van der Waals surface area contributed by atoms with Gasteiger partial charge in [0.2, 0.25) is 0 Å². The van der Waals surface area contributed by atoms with E-state index in [1.165, 1.54) is 27.4 Å². The van der Waals surface area contributed by atoms with Crippen LogP contribution in [0.15, 0.2) is 194 Å². The van der Waals surface area contributed by atoms with Crippen LogP contribution in [-0.4, -0.2) is 4.57 Å². The van der Waals surface area contributed by atoms with Crippen LogP contribution in [0.5, 0.6) is 5.75 Å². The Bertz CT molecular complexity index is 2660. The normalized spacial score (nSPS) is 11.2. The summed E-state index contributed by atoms with van der Waals surface area (Å²) in [4.78, 5) is 0. The van der Waals surface area contributed by atoms with Crippen LogP contribution in [0, 0.1) is 0 Å². The smallest absolute Gasteiger partial charge is 0.143 e. The quantitative estimate of drug-likeness (QED) is 0.164. The SMILES string of the molecule is Nc1c(OCc2ccc(-c3ccccc3)cc2)cc(-c2ccc3c(c2)c2ccccc2n3-c2ccccc2)cc1-c1cccc(-c2ccccc2)c1. The van der Waals surface area contributed by atoms with Crippen molar-refractivity contribution in [3.8, 4) is 55.9 Å². The summed E-state index contributed by atoms with van der Waals surface area (Å²) in [6.45, 7) is 0.399. The number of aromatic nitrogens is 1. The van der Waals surface area contributed by atoms with Crippen molar-refractivity contribution in [1.82, 2.24) is 4.57 Å². The second kappa shape index (κ2) is 13.5. The second-order valence-corrected chi connectivity index (χ2v) is 13.2. The molecule has 0 bridgehead atoms. The molecule has 3 nitrogen and oxygen atoms in total. The van der Waals surface area contributed by atoms with Crippen molar-refractivity contribution < 1.29 is 4.74 Å². The van der Waals surface area contributed by atoms with E-state index in [1.807, 2.05) is 12.1 Å².